The van der Waals surface area contributed by atoms with Gasteiger partial charge < -0.3 is 5.32 Å². The molecular formula is C24H19N3O3S. The average molecular weight is 430 g/mol. The second kappa shape index (κ2) is 8.81. The molecule has 6 nitrogen and oxygen atoms in total. The molecule has 0 saturated heterocycles. The Morgan fingerprint density at radius 1 is 0.710 bits per heavy atom. The number of anilines is 2. The smallest absolute Gasteiger partial charge is 0.261 e. The predicted octanol–water partition coefficient (Wildman–Crippen LogP) is 4.80. The third kappa shape index (κ3) is 4.96. The number of carbonyl (C=O) groups excluding carboxylic acids is 1. The van der Waals surface area contributed by atoms with Gasteiger partial charge in [0.25, 0.3) is 15.9 Å². The van der Waals surface area contributed by atoms with Gasteiger partial charge in [-0.3, -0.25) is 14.5 Å². The fraction of sp³-hybridized carbons (Fsp3) is 0. The summed E-state index contributed by atoms with van der Waals surface area (Å²) < 4.78 is 27.4. The Hall–Kier alpha value is -3.97. The lowest BCUT2D eigenvalue weighted by Crippen LogP contribution is -2.14. The molecule has 7 heteroatoms. The number of aromatic nitrogens is 1. The number of amides is 1. The summed E-state index contributed by atoms with van der Waals surface area (Å²) in [4.78, 5) is 16.5. The summed E-state index contributed by atoms with van der Waals surface area (Å²) in [5.74, 6) is -0.274. The highest BCUT2D eigenvalue weighted by molar-refractivity contribution is 7.92. The molecule has 0 aliphatic heterocycles. The fourth-order valence-corrected chi connectivity index (χ4v) is 4.05. The van der Waals surface area contributed by atoms with E-state index in [0.717, 1.165) is 11.1 Å². The van der Waals surface area contributed by atoms with Crippen molar-refractivity contribution in [1.29, 1.82) is 0 Å². The molecule has 0 aliphatic carbocycles. The van der Waals surface area contributed by atoms with Crippen LogP contribution in [0.15, 0.2) is 108 Å². The van der Waals surface area contributed by atoms with Crippen molar-refractivity contribution in [2.24, 2.45) is 0 Å². The number of sulfonamides is 1. The van der Waals surface area contributed by atoms with Gasteiger partial charge in [-0.25, -0.2) is 8.42 Å². The highest BCUT2D eigenvalue weighted by Gasteiger charge is 2.14. The third-order valence-electron chi connectivity index (χ3n) is 4.59. The molecule has 0 saturated carbocycles. The van der Waals surface area contributed by atoms with E-state index in [4.69, 9.17) is 0 Å². The topological polar surface area (TPSA) is 88.2 Å². The molecule has 154 valence electrons. The molecule has 4 aromatic rings. The van der Waals surface area contributed by atoms with Crippen LogP contribution in [0.25, 0.3) is 11.1 Å². The van der Waals surface area contributed by atoms with Crippen LogP contribution in [0.1, 0.15) is 10.4 Å². The first-order valence-electron chi connectivity index (χ1n) is 9.51. The number of carbonyl (C=O) groups is 1. The maximum absolute atomic E-state index is 12.5. The van der Waals surface area contributed by atoms with Gasteiger partial charge in [0.05, 0.1) is 16.8 Å². The second-order valence-electron chi connectivity index (χ2n) is 6.77. The Bertz CT molecular complexity index is 1270. The van der Waals surface area contributed by atoms with Crippen LogP contribution < -0.4 is 10.0 Å². The Kier molecular flexibility index (Phi) is 5.77. The molecule has 0 bridgehead atoms. The van der Waals surface area contributed by atoms with E-state index in [9.17, 15) is 13.2 Å². The normalized spacial score (nSPS) is 11.0. The minimum atomic E-state index is -3.74. The molecule has 3 aromatic carbocycles. The van der Waals surface area contributed by atoms with E-state index < -0.39 is 10.0 Å². The third-order valence-corrected chi connectivity index (χ3v) is 5.99. The zero-order valence-electron chi connectivity index (χ0n) is 16.4. The Morgan fingerprint density at radius 3 is 2.03 bits per heavy atom. The van der Waals surface area contributed by atoms with Crippen molar-refractivity contribution >= 4 is 27.3 Å². The summed E-state index contributed by atoms with van der Waals surface area (Å²) in [6.07, 6.45) is 2.99. The number of hydrogen-bond donors (Lipinski definition) is 2. The van der Waals surface area contributed by atoms with Gasteiger partial charge in [-0.2, -0.15) is 0 Å². The van der Waals surface area contributed by atoms with Crippen molar-refractivity contribution in [1.82, 2.24) is 4.98 Å². The standard InChI is InChI=1S/C24H19N3O3S/c28-24(20-10-8-19(9-11-20)18-5-2-1-3-6-18)26-21-12-14-23(15-13-21)31(29,30)27-22-7-4-16-25-17-22/h1-17,27H,(H,26,28). The molecule has 0 unspecified atom stereocenters. The summed E-state index contributed by atoms with van der Waals surface area (Å²) in [6, 6.07) is 26.4. The van der Waals surface area contributed by atoms with Crippen LogP contribution in [0.5, 0.6) is 0 Å². The SMILES string of the molecule is O=C(Nc1ccc(S(=O)(=O)Nc2cccnc2)cc1)c1ccc(-c2ccccc2)cc1. The van der Waals surface area contributed by atoms with Crippen molar-refractivity contribution in [2.45, 2.75) is 4.90 Å². The van der Waals surface area contributed by atoms with E-state index in [1.807, 2.05) is 42.5 Å². The van der Waals surface area contributed by atoms with Crippen LogP contribution >= 0.6 is 0 Å². The summed E-state index contributed by atoms with van der Waals surface area (Å²) >= 11 is 0. The molecule has 0 spiro atoms. The van der Waals surface area contributed by atoms with Crippen LogP contribution in [-0.2, 0) is 10.0 Å². The lowest BCUT2D eigenvalue weighted by molar-refractivity contribution is 0.102. The van der Waals surface area contributed by atoms with Crippen LogP contribution in [0.3, 0.4) is 0 Å². The van der Waals surface area contributed by atoms with Gasteiger partial charge in [-0.05, 0) is 59.7 Å². The molecule has 0 fully saturated rings. The van der Waals surface area contributed by atoms with Crippen LogP contribution in [0.4, 0.5) is 11.4 Å². The Labute approximate surface area is 180 Å². The molecule has 31 heavy (non-hydrogen) atoms. The number of nitrogens with zero attached hydrogens (tertiary/aromatic N) is 1. The summed E-state index contributed by atoms with van der Waals surface area (Å²) in [5.41, 5.74) is 3.48. The lowest BCUT2D eigenvalue weighted by Gasteiger charge is -2.09. The van der Waals surface area contributed by atoms with Crippen LogP contribution in [-0.4, -0.2) is 19.3 Å². The van der Waals surface area contributed by atoms with Crippen molar-refractivity contribution in [3.05, 3.63) is 109 Å². The molecule has 0 radical (unpaired) electrons. The fourth-order valence-electron chi connectivity index (χ4n) is 3.00. The van der Waals surface area contributed by atoms with Crippen molar-refractivity contribution in [3.63, 3.8) is 0 Å². The molecule has 4 rings (SSSR count). The lowest BCUT2D eigenvalue weighted by atomic mass is 10.0. The number of nitrogens with one attached hydrogen (secondary N) is 2. The zero-order valence-corrected chi connectivity index (χ0v) is 17.2. The van der Waals surface area contributed by atoms with Gasteiger partial charge in [0.2, 0.25) is 0 Å². The first kappa shape index (κ1) is 20.3. The zero-order chi connectivity index (χ0) is 21.7. The van der Waals surface area contributed by atoms with Crippen molar-refractivity contribution < 1.29 is 13.2 Å². The molecule has 0 atom stereocenters. The first-order chi connectivity index (χ1) is 15.0. The van der Waals surface area contributed by atoms with Gasteiger partial charge in [0.1, 0.15) is 0 Å². The molecule has 1 heterocycles. The van der Waals surface area contributed by atoms with E-state index in [-0.39, 0.29) is 10.8 Å². The van der Waals surface area contributed by atoms with E-state index in [0.29, 0.717) is 16.9 Å². The molecule has 2 N–H and O–H groups in total. The minimum absolute atomic E-state index is 0.0848. The monoisotopic (exact) mass is 429 g/mol. The van der Waals surface area contributed by atoms with Crippen molar-refractivity contribution in [3.8, 4) is 11.1 Å². The van der Waals surface area contributed by atoms with Gasteiger partial charge in [-0.1, -0.05) is 42.5 Å². The average Bonchev–Trinajstić information content (AvgIpc) is 2.80. The van der Waals surface area contributed by atoms with E-state index in [1.54, 1.807) is 42.6 Å². The van der Waals surface area contributed by atoms with Crippen LogP contribution in [0.2, 0.25) is 0 Å². The number of rotatable bonds is 6. The Morgan fingerprint density at radius 2 is 1.39 bits per heavy atom. The van der Waals surface area contributed by atoms with E-state index >= 15 is 0 Å². The van der Waals surface area contributed by atoms with Crippen molar-refractivity contribution in [2.75, 3.05) is 10.0 Å². The molecule has 0 aliphatic rings. The van der Waals surface area contributed by atoms with Gasteiger partial charge >= 0.3 is 0 Å². The van der Waals surface area contributed by atoms with E-state index in [1.165, 1.54) is 18.3 Å². The summed E-state index contributed by atoms with van der Waals surface area (Å²) in [7, 11) is -3.74. The number of hydrogen-bond acceptors (Lipinski definition) is 4. The Balaban J connectivity index is 1.43. The molecular weight excluding hydrogens is 410 g/mol. The van der Waals surface area contributed by atoms with E-state index in [2.05, 4.69) is 15.0 Å². The highest BCUT2D eigenvalue weighted by atomic mass is 32.2. The maximum Gasteiger partial charge on any atom is 0.261 e. The number of pyridine rings is 1. The summed E-state index contributed by atoms with van der Waals surface area (Å²) in [5, 5.41) is 2.78. The molecule has 1 amide bonds. The first-order valence-corrected chi connectivity index (χ1v) is 11.0. The largest absolute Gasteiger partial charge is 0.322 e. The predicted molar refractivity (Wildman–Crippen MR) is 121 cm³/mol. The second-order valence-corrected chi connectivity index (χ2v) is 8.45. The van der Waals surface area contributed by atoms with Crippen LogP contribution in [0, 0.1) is 0 Å². The minimum Gasteiger partial charge on any atom is -0.322 e. The number of benzene rings is 3. The van der Waals surface area contributed by atoms with Gasteiger partial charge in [-0.15, -0.1) is 0 Å². The molecule has 1 aromatic heterocycles. The highest BCUT2D eigenvalue weighted by Crippen LogP contribution is 2.21. The maximum atomic E-state index is 12.5. The summed E-state index contributed by atoms with van der Waals surface area (Å²) in [6.45, 7) is 0. The quantitative estimate of drug-likeness (QED) is 0.461. The van der Waals surface area contributed by atoms with Gasteiger partial charge in [0, 0.05) is 17.4 Å². The van der Waals surface area contributed by atoms with Gasteiger partial charge in [0.15, 0.2) is 0 Å².